The maximum Gasteiger partial charge on any atom is 0.320 e. The number of nitro groups is 1. The molecule has 1 fully saturated rings. The third-order valence-corrected chi connectivity index (χ3v) is 5.88. The highest BCUT2D eigenvalue weighted by atomic mass is 35.5. The number of hydrogen-bond acceptors (Lipinski definition) is 5. The Hall–Kier alpha value is -0.920. The molecule has 136 valence electrons. The highest BCUT2D eigenvalue weighted by Crippen LogP contribution is 2.37. The van der Waals surface area contributed by atoms with Gasteiger partial charge in [-0.2, -0.15) is 0 Å². The van der Waals surface area contributed by atoms with Crippen LogP contribution < -0.4 is 0 Å². The molecule has 0 aromatic heterocycles. The first-order valence-corrected chi connectivity index (χ1v) is 9.52. The van der Waals surface area contributed by atoms with E-state index in [-0.39, 0.29) is 15.2 Å². The van der Waals surface area contributed by atoms with E-state index in [1.54, 1.807) is 0 Å². The topological polar surface area (TPSA) is 49.6 Å². The molecule has 0 N–H and O–H groups in total. The average Bonchev–Trinajstić information content (AvgIpc) is 2.56. The van der Waals surface area contributed by atoms with E-state index in [0.29, 0.717) is 18.1 Å². The Kier molecular flexibility index (Phi) is 7.46. The molecule has 1 aromatic carbocycles. The van der Waals surface area contributed by atoms with Crippen molar-refractivity contribution in [3.05, 3.63) is 60.2 Å². The van der Waals surface area contributed by atoms with Gasteiger partial charge in [0.2, 0.25) is 0 Å². The van der Waals surface area contributed by atoms with Crippen molar-refractivity contribution in [2.24, 2.45) is 0 Å². The van der Waals surface area contributed by atoms with Gasteiger partial charge in [-0.15, -0.1) is 0 Å². The Labute approximate surface area is 166 Å². The van der Waals surface area contributed by atoms with Crippen molar-refractivity contribution in [2.75, 3.05) is 33.2 Å². The third kappa shape index (κ3) is 5.53. The molecule has 1 aliphatic rings. The first-order chi connectivity index (χ1) is 11.8. The van der Waals surface area contributed by atoms with Crippen LogP contribution in [0.3, 0.4) is 0 Å². The number of piperazine rings is 1. The molecule has 1 aromatic rings. The fourth-order valence-corrected chi connectivity index (χ4v) is 3.81. The second-order valence-electron chi connectivity index (χ2n) is 5.69. The molecular formula is C16H18Cl3N3O2S. The summed E-state index contributed by atoms with van der Waals surface area (Å²) in [4.78, 5) is 16.2. The lowest BCUT2D eigenvalue weighted by molar-refractivity contribution is -0.421. The van der Waals surface area contributed by atoms with E-state index in [2.05, 4.69) is 4.90 Å². The molecule has 0 amide bonds. The van der Waals surface area contributed by atoms with Crippen molar-refractivity contribution >= 4 is 46.6 Å². The predicted octanol–water partition coefficient (Wildman–Crippen LogP) is 4.67. The molecule has 0 atom stereocenters. The number of rotatable bonds is 5. The molecule has 9 heteroatoms. The molecule has 0 saturated carbocycles. The monoisotopic (exact) mass is 421 g/mol. The Bertz CT molecular complexity index is 695. The van der Waals surface area contributed by atoms with E-state index in [0.717, 1.165) is 23.5 Å². The summed E-state index contributed by atoms with van der Waals surface area (Å²) in [6.45, 7) is 4.91. The van der Waals surface area contributed by atoms with Gasteiger partial charge in [0.05, 0.1) is 4.92 Å². The van der Waals surface area contributed by atoms with Crippen molar-refractivity contribution in [2.45, 2.75) is 11.8 Å². The van der Waals surface area contributed by atoms with Gasteiger partial charge in [-0.1, -0.05) is 64.3 Å². The molecule has 0 radical (unpaired) electrons. The van der Waals surface area contributed by atoms with E-state index >= 15 is 0 Å². The third-order valence-electron chi connectivity index (χ3n) is 3.78. The smallest absolute Gasteiger partial charge is 0.320 e. The largest absolute Gasteiger partial charge is 0.358 e. The fraction of sp³-hybridized carbons (Fsp3) is 0.375. The number of halogens is 3. The summed E-state index contributed by atoms with van der Waals surface area (Å²) in [5.74, 6) is 0. The van der Waals surface area contributed by atoms with Gasteiger partial charge in [0, 0.05) is 31.1 Å². The van der Waals surface area contributed by atoms with Crippen LogP contribution in [-0.2, 0) is 0 Å². The molecule has 5 nitrogen and oxygen atoms in total. The molecule has 25 heavy (non-hydrogen) atoms. The summed E-state index contributed by atoms with van der Waals surface area (Å²) in [7, 11) is 2.02. The number of benzene rings is 1. The van der Waals surface area contributed by atoms with Crippen molar-refractivity contribution < 1.29 is 4.92 Å². The van der Waals surface area contributed by atoms with E-state index in [1.807, 2.05) is 43.1 Å². The van der Waals surface area contributed by atoms with E-state index in [4.69, 9.17) is 34.8 Å². The lowest BCUT2D eigenvalue weighted by atomic mass is 10.2. The highest BCUT2D eigenvalue weighted by Gasteiger charge is 2.31. The van der Waals surface area contributed by atoms with Gasteiger partial charge in [-0.3, -0.25) is 10.1 Å². The minimum atomic E-state index is -0.526. The zero-order valence-corrected chi connectivity index (χ0v) is 16.9. The summed E-state index contributed by atoms with van der Waals surface area (Å²) in [6, 6.07) is 7.77. The lowest BCUT2D eigenvalue weighted by Gasteiger charge is -2.34. The number of nitrogens with zero attached hydrogens (tertiary/aromatic N) is 3. The summed E-state index contributed by atoms with van der Waals surface area (Å²) >= 11 is 18.8. The number of aryl methyl sites for hydroxylation is 1. The van der Waals surface area contributed by atoms with Crippen molar-refractivity contribution in [1.29, 1.82) is 0 Å². The minimum absolute atomic E-state index is 0.248. The van der Waals surface area contributed by atoms with E-state index in [1.165, 1.54) is 11.8 Å². The summed E-state index contributed by atoms with van der Waals surface area (Å²) < 4.78 is -0.315. The predicted molar refractivity (Wildman–Crippen MR) is 105 cm³/mol. The van der Waals surface area contributed by atoms with Gasteiger partial charge in [0.25, 0.3) is 0 Å². The Balaban J connectivity index is 2.49. The standard InChI is InChI=1S/C16H18Cl3N3O2S/c1-11-3-5-12(6-4-11)25-16(21-9-7-20(2)8-10-21)14(22(23)24)13(17)15(18)19/h3-6H,7-10H2,1-2H3/b16-14-. The second kappa shape index (κ2) is 9.14. The van der Waals surface area contributed by atoms with Gasteiger partial charge in [-0.25, -0.2) is 0 Å². The van der Waals surface area contributed by atoms with Crippen LogP contribution >= 0.6 is 46.6 Å². The molecule has 1 saturated heterocycles. The zero-order valence-electron chi connectivity index (χ0n) is 13.8. The fourth-order valence-electron chi connectivity index (χ4n) is 2.33. The van der Waals surface area contributed by atoms with Crippen molar-refractivity contribution in [1.82, 2.24) is 9.80 Å². The van der Waals surface area contributed by atoms with Crippen LogP contribution in [0.4, 0.5) is 0 Å². The maximum absolute atomic E-state index is 11.7. The SMILES string of the molecule is Cc1ccc(S/C(=C(/C(Cl)=C(Cl)Cl)[N+](=O)[O-])N2CCN(C)CC2)cc1. The molecule has 2 rings (SSSR count). The maximum atomic E-state index is 11.7. The quantitative estimate of drug-likeness (QED) is 0.299. The van der Waals surface area contributed by atoms with Crippen LogP contribution in [0.5, 0.6) is 0 Å². The minimum Gasteiger partial charge on any atom is -0.358 e. The van der Waals surface area contributed by atoms with E-state index in [9.17, 15) is 10.1 Å². The first-order valence-electron chi connectivity index (χ1n) is 7.57. The van der Waals surface area contributed by atoms with Gasteiger partial charge in [-0.05, 0) is 26.1 Å². The van der Waals surface area contributed by atoms with Crippen LogP contribution in [0, 0.1) is 17.0 Å². The normalized spacial score (nSPS) is 16.4. The number of thioether (sulfide) groups is 1. The Morgan fingerprint density at radius 1 is 1.12 bits per heavy atom. The van der Waals surface area contributed by atoms with Crippen molar-refractivity contribution in [3.63, 3.8) is 0 Å². The van der Waals surface area contributed by atoms with Gasteiger partial charge in [0.1, 0.15) is 4.49 Å². The number of hydrogen-bond donors (Lipinski definition) is 0. The first kappa shape index (κ1) is 20.4. The van der Waals surface area contributed by atoms with Crippen molar-refractivity contribution in [3.8, 4) is 0 Å². The molecule has 0 bridgehead atoms. The van der Waals surface area contributed by atoms with Gasteiger partial charge >= 0.3 is 5.70 Å². The molecule has 0 aliphatic carbocycles. The Morgan fingerprint density at radius 3 is 2.16 bits per heavy atom. The van der Waals surface area contributed by atoms with Gasteiger partial charge < -0.3 is 9.80 Å². The second-order valence-corrected chi connectivity index (χ2v) is 8.08. The van der Waals surface area contributed by atoms with Crippen LogP contribution in [0.1, 0.15) is 5.56 Å². The molecule has 1 heterocycles. The molecular weight excluding hydrogens is 405 g/mol. The van der Waals surface area contributed by atoms with Gasteiger partial charge in [0.15, 0.2) is 10.1 Å². The van der Waals surface area contributed by atoms with E-state index < -0.39 is 4.92 Å². The summed E-state index contributed by atoms with van der Waals surface area (Å²) in [5.41, 5.74) is 0.850. The van der Waals surface area contributed by atoms with Crippen LogP contribution in [0.25, 0.3) is 0 Å². The summed E-state index contributed by atoms with van der Waals surface area (Å²) in [6.07, 6.45) is 0. The van der Waals surface area contributed by atoms with Crippen LogP contribution in [0.2, 0.25) is 0 Å². The summed E-state index contributed by atoms with van der Waals surface area (Å²) in [5, 5.41) is 11.9. The van der Waals surface area contributed by atoms with Crippen LogP contribution in [0.15, 0.2) is 49.4 Å². The Morgan fingerprint density at radius 2 is 1.68 bits per heavy atom. The molecule has 0 unspecified atom stereocenters. The van der Waals surface area contributed by atoms with Crippen LogP contribution in [-0.4, -0.2) is 47.9 Å². The zero-order chi connectivity index (χ0) is 18.6. The highest BCUT2D eigenvalue weighted by molar-refractivity contribution is 8.03. The number of likely N-dealkylation sites (N-methyl/N-ethyl adjacent to an activating group) is 1. The molecule has 0 spiro atoms. The number of allylic oxidation sites excluding steroid dienone is 1. The average molecular weight is 423 g/mol. The molecule has 1 aliphatic heterocycles. The lowest BCUT2D eigenvalue weighted by Crippen LogP contribution is -2.44.